The van der Waals surface area contributed by atoms with E-state index >= 15 is 0 Å². The molecule has 3 aliphatic rings. The summed E-state index contributed by atoms with van der Waals surface area (Å²) in [7, 11) is 0. The number of anilines is 1. The Bertz CT molecular complexity index is 2950. The zero-order chi connectivity index (χ0) is 38.4. The van der Waals surface area contributed by atoms with Gasteiger partial charge in [-0.1, -0.05) is 76.9 Å². The minimum absolute atomic E-state index is 0.967. The first-order valence-electron chi connectivity index (χ1n) is 20.6. The summed E-state index contributed by atoms with van der Waals surface area (Å²) in [5, 5.41) is 6.46. The molecule has 5 aromatic carbocycles. The van der Waals surface area contributed by atoms with Crippen LogP contribution in [0.4, 0.5) is 5.82 Å². The first-order valence-corrected chi connectivity index (χ1v) is 20.6. The average Bonchev–Trinajstić information content (AvgIpc) is 3.85. The molecule has 0 saturated heterocycles. The van der Waals surface area contributed by atoms with Gasteiger partial charge in [0.25, 0.3) is 0 Å². The average molecular weight is 739 g/mol. The Labute approximate surface area is 334 Å². The fourth-order valence-corrected chi connectivity index (χ4v) is 10.4. The van der Waals surface area contributed by atoms with Gasteiger partial charge < -0.3 is 14.9 Å². The summed E-state index contributed by atoms with van der Waals surface area (Å²) < 4.78 is 2.50. The maximum absolute atomic E-state index is 4.61. The summed E-state index contributed by atoms with van der Waals surface area (Å²) in [5.74, 6) is 1.04. The lowest BCUT2D eigenvalue weighted by Gasteiger charge is -2.32. The summed E-state index contributed by atoms with van der Waals surface area (Å²) in [6, 6.07) is 37.0. The normalized spacial score (nSPS) is 14.6. The van der Waals surface area contributed by atoms with E-state index in [1.807, 2.05) is 18.6 Å². The van der Waals surface area contributed by atoms with Crippen LogP contribution >= 0.6 is 0 Å². The zero-order valence-corrected chi connectivity index (χ0v) is 33.2. The number of aryl methyl sites for hydroxylation is 8. The molecule has 4 heteroatoms. The molecule has 11 rings (SSSR count). The summed E-state index contributed by atoms with van der Waals surface area (Å²) >= 11 is 0. The van der Waals surface area contributed by atoms with Crippen molar-refractivity contribution in [1.29, 1.82) is 0 Å². The van der Waals surface area contributed by atoms with E-state index in [1.165, 1.54) is 117 Å². The van der Waals surface area contributed by atoms with Gasteiger partial charge >= 0.3 is 0 Å². The minimum atomic E-state index is 0.967. The Balaban J connectivity index is 1.10. The maximum atomic E-state index is 4.61. The molecule has 0 aliphatic heterocycles. The van der Waals surface area contributed by atoms with Gasteiger partial charge in [-0.25, -0.2) is 0 Å². The van der Waals surface area contributed by atoms with Gasteiger partial charge in [-0.15, -0.1) is 0 Å². The first kappa shape index (κ1) is 33.9. The van der Waals surface area contributed by atoms with Gasteiger partial charge in [0.15, 0.2) is 0 Å². The van der Waals surface area contributed by atoms with Crippen LogP contribution in [0.5, 0.6) is 0 Å². The van der Waals surface area contributed by atoms with E-state index in [-0.39, 0.29) is 0 Å². The number of aromatic nitrogens is 3. The van der Waals surface area contributed by atoms with Crippen LogP contribution in [0, 0.1) is 27.7 Å². The van der Waals surface area contributed by atoms with E-state index in [9.17, 15) is 0 Å². The van der Waals surface area contributed by atoms with Crippen molar-refractivity contribution in [3.8, 4) is 27.9 Å². The number of hydrogen-bond acceptors (Lipinski definition) is 2. The lowest BCUT2D eigenvalue weighted by atomic mass is 9.73. The number of hydrogen-bond donors (Lipinski definition) is 2. The molecular weight excluding hydrogens is 693 g/mol. The molecule has 4 nitrogen and oxygen atoms in total. The van der Waals surface area contributed by atoms with Crippen LogP contribution in [0.1, 0.15) is 68.5 Å². The van der Waals surface area contributed by atoms with E-state index in [0.717, 1.165) is 50.0 Å². The summed E-state index contributed by atoms with van der Waals surface area (Å²) in [4.78, 5) is 8.00. The second-order valence-electron chi connectivity index (χ2n) is 16.8. The van der Waals surface area contributed by atoms with Gasteiger partial charge in [-0.05, 0) is 176 Å². The number of nitrogens with one attached hydrogen (secondary N) is 2. The highest BCUT2D eigenvalue weighted by Crippen LogP contribution is 2.49. The van der Waals surface area contributed by atoms with Gasteiger partial charge in [-0.2, -0.15) is 0 Å². The van der Waals surface area contributed by atoms with Crippen LogP contribution in [0.2, 0.25) is 0 Å². The number of nitrogens with zero attached hydrogens (tertiary/aromatic N) is 2. The highest BCUT2D eigenvalue weighted by atomic mass is 15.0. The van der Waals surface area contributed by atoms with Gasteiger partial charge in [0, 0.05) is 34.4 Å². The van der Waals surface area contributed by atoms with E-state index in [4.69, 9.17) is 0 Å². The van der Waals surface area contributed by atoms with Crippen molar-refractivity contribution < 1.29 is 0 Å². The smallest absolute Gasteiger partial charge is 0.107 e. The molecule has 0 radical (unpaired) electrons. The molecule has 0 bridgehead atoms. The molecule has 57 heavy (non-hydrogen) atoms. The first-order chi connectivity index (χ1) is 27.8. The number of fused-ring (bicyclic) bond motifs is 4. The minimum Gasteiger partial charge on any atom is -0.348 e. The van der Waals surface area contributed by atoms with Crippen LogP contribution in [0.15, 0.2) is 127 Å². The molecule has 3 aromatic heterocycles. The molecule has 3 heterocycles. The van der Waals surface area contributed by atoms with Crippen molar-refractivity contribution >= 4 is 38.8 Å². The molecule has 278 valence electrons. The van der Waals surface area contributed by atoms with Crippen LogP contribution < -0.4 is 5.32 Å². The second-order valence-corrected chi connectivity index (χ2v) is 16.8. The standard InChI is InChI=1S/C53H46N4/c1-31-19-32(2)22-40(21-31)35-12-15-48(56-50-8-6-18-55-50)45(27-35)42-25-37-9-10-39-29-47-46-28-36(41-23-33(3)20-34(4)24-41)13-16-49(46)57(43-7-5-17-54-30-43)53(47)44-14-11-38(26-42)51(37)52(39)44/h5-8,13,16-30,55-56H,9-12,14-15H2,1-4H3. The lowest BCUT2D eigenvalue weighted by Crippen LogP contribution is -2.16. The third-order valence-corrected chi connectivity index (χ3v) is 12.6. The van der Waals surface area contributed by atoms with E-state index < -0.39 is 0 Å². The predicted molar refractivity (Wildman–Crippen MR) is 238 cm³/mol. The summed E-state index contributed by atoms with van der Waals surface area (Å²) in [5.41, 5.74) is 27.1. The topological polar surface area (TPSA) is 45.6 Å². The molecule has 0 fully saturated rings. The van der Waals surface area contributed by atoms with Crippen molar-refractivity contribution in [2.75, 3.05) is 5.32 Å². The SMILES string of the molecule is Cc1cc(C)cc(C2=CC(c3cc4c5c(c3)CCc3c-5c(cc5c6cc(-c7cc(C)cc(C)c7)ccc6n(-c6cccnc6)c35)CC4)=C(Nc3ccc[nH]3)CC2)c1. The number of aromatic amines is 1. The van der Waals surface area contributed by atoms with Crippen molar-refractivity contribution in [3.63, 3.8) is 0 Å². The Morgan fingerprint density at radius 1 is 0.596 bits per heavy atom. The molecule has 0 atom stereocenters. The third-order valence-electron chi connectivity index (χ3n) is 12.6. The predicted octanol–water partition coefficient (Wildman–Crippen LogP) is 13.0. The van der Waals surface area contributed by atoms with E-state index in [2.05, 4.69) is 151 Å². The number of allylic oxidation sites excluding steroid dienone is 4. The second kappa shape index (κ2) is 13.1. The molecular formula is C53H46N4. The molecule has 0 saturated carbocycles. The monoisotopic (exact) mass is 738 g/mol. The van der Waals surface area contributed by atoms with Crippen molar-refractivity contribution in [3.05, 3.63) is 183 Å². The Kier molecular flexibility index (Phi) is 7.79. The third kappa shape index (κ3) is 5.69. The molecule has 2 N–H and O–H groups in total. The summed E-state index contributed by atoms with van der Waals surface area (Å²) in [6.45, 7) is 8.81. The quantitative estimate of drug-likeness (QED) is 0.178. The number of pyridine rings is 1. The van der Waals surface area contributed by atoms with Gasteiger partial charge in [0.05, 0.1) is 22.9 Å². The van der Waals surface area contributed by atoms with Crippen LogP contribution in [0.25, 0.3) is 60.9 Å². The molecule has 0 spiro atoms. The van der Waals surface area contributed by atoms with E-state index in [0.29, 0.717) is 0 Å². The van der Waals surface area contributed by atoms with Crippen molar-refractivity contribution in [2.45, 2.75) is 66.2 Å². The highest BCUT2D eigenvalue weighted by molar-refractivity contribution is 6.14. The Hall–Kier alpha value is -6.39. The highest BCUT2D eigenvalue weighted by Gasteiger charge is 2.31. The number of H-pyrrole nitrogens is 1. The molecule has 8 aromatic rings. The molecule has 3 aliphatic carbocycles. The Morgan fingerprint density at radius 3 is 2.02 bits per heavy atom. The Morgan fingerprint density at radius 2 is 1.32 bits per heavy atom. The zero-order valence-electron chi connectivity index (χ0n) is 33.2. The number of benzene rings is 5. The van der Waals surface area contributed by atoms with Crippen molar-refractivity contribution in [1.82, 2.24) is 14.5 Å². The maximum Gasteiger partial charge on any atom is 0.107 e. The lowest BCUT2D eigenvalue weighted by molar-refractivity contribution is 0.878. The molecule has 0 amide bonds. The summed E-state index contributed by atoms with van der Waals surface area (Å²) in [6.07, 6.45) is 14.5. The van der Waals surface area contributed by atoms with Crippen LogP contribution in [0.3, 0.4) is 0 Å². The van der Waals surface area contributed by atoms with Gasteiger partial charge in [-0.3, -0.25) is 4.98 Å². The van der Waals surface area contributed by atoms with Crippen molar-refractivity contribution in [2.24, 2.45) is 0 Å². The molecule has 0 unspecified atom stereocenters. The fraction of sp³-hybridized carbons (Fsp3) is 0.189. The van der Waals surface area contributed by atoms with Crippen LogP contribution in [-0.4, -0.2) is 14.5 Å². The van der Waals surface area contributed by atoms with Crippen LogP contribution in [-0.2, 0) is 25.7 Å². The van der Waals surface area contributed by atoms with Gasteiger partial charge in [0.2, 0.25) is 0 Å². The number of rotatable bonds is 6. The largest absolute Gasteiger partial charge is 0.348 e. The fourth-order valence-electron chi connectivity index (χ4n) is 10.4. The van der Waals surface area contributed by atoms with E-state index in [1.54, 1.807) is 0 Å². The van der Waals surface area contributed by atoms with Gasteiger partial charge in [0.1, 0.15) is 5.82 Å².